The van der Waals surface area contributed by atoms with Crippen LogP contribution in [-0.2, 0) is 0 Å². The summed E-state index contributed by atoms with van der Waals surface area (Å²) in [6.07, 6.45) is 0. The van der Waals surface area contributed by atoms with Crippen molar-refractivity contribution in [2.75, 3.05) is 0 Å². The number of benzene rings is 1. The van der Waals surface area contributed by atoms with Gasteiger partial charge >= 0.3 is 0 Å². The maximum Gasteiger partial charge on any atom is 0.148 e. The van der Waals surface area contributed by atoms with E-state index in [1.54, 1.807) is 0 Å². The molecule has 0 fully saturated rings. The zero-order valence-corrected chi connectivity index (χ0v) is 8.74. The van der Waals surface area contributed by atoms with Crippen molar-refractivity contribution in [1.82, 2.24) is 0 Å². The number of aryl methyl sites for hydroxylation is 1. The number of hydrogen-bond acceptors (Lipinski definition) is 1. The molecule has 12 heavy (non-hydrogen) atoms. The molecule has 1 aromatic carbocycles. The molecule has 0 bridgehead atoms. The largest absolute Gasteiger partial charge is 0.460 e. The summed E-state index contributed by atoms with van der Waals surface area (Å²) in [5, 5.41) is 1.75. The third-order valence-corrected chi connectivity index (χ3v) is 2.47. The zero-order valence-electron chi connectivity index (χ0n) is 6.40. The van der Waals surface area contributed by atoms with E-state index in [-0.39, 0.29) is 0 Å². The Morgan fingerprint density at radius 2 is 2.08 bits per heavy atom. The first-order valence-electron chi connectivity index (χ1n) is 3.52. The lowest BCUT2D eigenvalue weighted by atomic mass is 10.2. The summed E-state index contributed by atoms with van der Waals surface area (Å²) in [4.78, 5) is 0. The van der Waals surface area contributed by atoms with E-state index in [0.29, 0.717) is 0 Å². The Bertz CT molecular complexity index is 433. The molecule has 0 radical (unpaired) electrons. The van der Waals surface area contributed by atoms with Gasteiger partial charge in [-0.15, -0.1) is 0 Å². The lowest BCUT2D eigenvalue weighted by Gasteiger charge is -1.93. The molecular formula is C9H6BrClO. The number of halogens is 2. The second-order valence-electron chi connectivity index (χ2n) is 2.66. The lowest BCUT2D eigenvalue weighted by molar-refractivity contribution is 0.577. The molecule has 0 aliphatic carbocycles. The molecule has 0 saturated carbocycles. The van der Waals surface area contributed by atoms with Gasteiger partial charge in [-0.1, -0.05) is 11.6 Å². The SMILES string of the molecule is Cc1cc2cc(Cl)cc(Br)c2o1. The summed E-state index contributed by atoms with van der Waals surface area (Å²) >= 11 is 9.24. The maximum absolute atomic E-state index is 5.86. The molecule has 1 nitrogen and oxygen atoms in total. The smallest absolute Gasteiger partial charge is 0.148 e. The van der Waals surface area contributed by atoms with E-state index >= 15 is 0 Å². The highest BCUT2D eigenvalue weighted by atomic mass is 79.9. The zero-order chi connectivity index (χ0) is 8.72. The Morgan fingerprint density at radius 1 is 1.33 bits per heavy atom. The summed E-state index contributed by atoms with van der Waals surface area (Å²) in [7, 11) is 0. The van der Waals surface area contributed by atoms with Gasteiger partial charge in [0.25, 0.3) is 0 Å². The van der Waals surface area contributed by atoms with Crippen LogP contribution >= 0.6 is 27.5 Å². The fraction of sp³-hybridized carbons (Fsp3) is 0.111. The summed E-state index contributed by atoms with van der Waals surface area (Å²) in [6.45, 7) is 1.92. The first kappa shape index (κ1) is 8.14. The molecule has 0 aliphatic heterocycles. The average molecular weight is 246 g/mol. The van der Waals surface area contributed by atoms with Crippen molar-refractivity contribution < 1.29 is 4.42 Å². The van der Waals surface area contributed by atoms with Crippen LogP contribution in [0.1, 0.15) is 5.76 Å². The second-order valence-corrected chi connectivity index (χ2v) is 3.95. The number of rotatable bonds is 0. The monoisotopic (exact) mass is 244 g/mol. The molecule has 1 heterocycles. The van der Waals surface area contributed by atoms with Gasteiger partial charge in [0, 0.05) is 10.4 Å². The molecular weight excluding hydrogens is 239 g/mol. The first-order chi connectivity index (χ1) is 5.66. The predicted octanol–water partition coefficient (Wildman–Crippen LogP) is 4.16. The van der Waals surface area contributed by atoms with Crippen molar-refractivity contribution in [3.8, 4) is 0 Å². The van der Waals surface area contributed by atoms with Gasteiger partial charge in [-0.05, 0) is 41.1 Å². The average Bonchev–Trinajstić information content (AvgIpc) is 2.29. The Hall–Kier alpha value is -0.470. The van der Waals surface area contributed by atoms with Gasteiger partial charge in [-0.3, -0.25) is 0 Å². The van der Waals surface area contributed by atoms with E-state index in [4.69, 9.17) is 16.0 Å². The molecule has 0 N–H and O–H groups in total. The van der Waals surface area contributed by atoms with Gasteiger partial charge < -0.3 is 4.42 Å². The lowest BCUT2D eigenvalue weighted by Crippen LogP contribution is -1.67. The highest BCUT2D eigenvalue weighted by molar-refractivity contribution is 9.10. The van der Waals surface area contributed by atoms with Crippen LogP contribution in [0.5, 0.6) is 0 Å². The van der Waals surface area contributed by atoms with Crippen molar-refractivity contribution >= 4 is 38.5 Å². The second kappa shape index (κ2) is 2.79. The van der Waals surface area contributed by atoms with Gasteiger partial charge in [-0.2, -0.15) is 0 Å². The summed E-state index contributed by atoms with van der Waals surface area (Å²) in [6, 6.07) is 5.68. The van der Waals surface area contributed by atoms with Gasteiger partial charge in [0.15, 0.2) is 0 Å². The normalized spacial score (nSPS) is 10.9. The van der Waals surface area contributed by atoms with Gasteiger partial charge in [0.2, 0.25) is 0 Å². The van der Waals surface area contributed by atoms with Crippen LogP contribution in [-0.4, -0.2) is 0 Å². The molecule has 0 spiro atoms. The molecule has 2 aromatic rings. The Balaban J connectivity index is 2.88. The molecule has 3 heteroatoms. The van der Waals surface area contributed by atoms with Crippen LogP contribution in [0, 0.1) is 6.92 Å². The van der Waals surface area contributed by atoms with E-state index in [1.807, 2.05) is 25.1 Å². The number of furan rings is 1. The number of hydrogen-bond donors (Lipinski definition) is 0. The van der Waals surface area contributed by atoms with E-state index < -0.39 is 0 Å². The molecule has 0 amide bonds. The van der Waals surface area contributed by atoms with Crippen molar-refractivity contribution in [3.05, 3.63) is 33.5 Å². The minimum atomic E-state index is 0.718. The summed E-state index contributed by atoms with van der Waals surface area (Å²) in [5.41, 5.74) is 0.858. The molecule has 2 rings (SSSR count). The van der Waals surface area contributed by atoms with Crippen LogP contribution < -0.4 is 0 Å². The van der Waals surface area contributed by atoms with E-state index in [2.05, 4.69) is 15.9 Å². The highest BCUT2D eigenvalue weighted by Gasteiger charge is 2.05. The summed E-state index contributed by atoms with van der Waals surface area (Å²) < 4.78 is 6.35. The van der Waals surface area contributed by atoms with Crippen LogP contribution in [0.4, 0.5) is 0 Å². The predicted molar refractivity (Wildman–Crippen MR) is 53.7 cm³/mol. The van der Waals surface area contributed by atoms with Crippen LogP contribution in [0.15, 0.2) is 27.1 Å². The minimum absolute atomic E-state index is 0.718. The van der Waals surface area contributed by atoms with E-state index in [9.17, 15) is 0 Å². The van der Waals surface area contributed by atoms with Crippen molar-refractivity contribution in [1.29, 1.82) is 0 Å². The van der Waals surface area contributed by atoms with Gasteiger partial charge in [0.05, 0.1) is 4.47 Å². The molecule has 0 unspecified atom stereocenters. The Morgan fingerprint density at radius 3 is 2.83 bits per heavy atom. The van der Waals surface area contributed by atoms with Crippen molar-refractivity contribution in [2.45, 2.75) is 6.92 Å². The highest BCUT2D eigenvalue weighted by Crippen LogP contribution is 2.30. The molecule has 0 atom stereocenters. The maximum atomic E-state index is 5.86. The van der Waals surface area contributed by atoms with E-state index in [0.717, 1.165) is 26.2 Å². The third kappa shape index (κ3) is 1.25. The Labute approximate surface area is 83.4 Å². The fourth-order valence-corrected chi connectivity index (χ4v) is 2.12. The minimum Gasteiger partial charge on any atom is -0.460 e. The van der Waals surface area contributed by atoms with Crippen molar-refractivity contribution in [2.24, 2.45) is 0 Å². The quantitative estimate of drug-likeness (QED) is 0.679. The van der Waals surface area contributed by atoms with Gasteiger partial charge in [0.1, 0.15) is 11.3 Å². The summed E-state index contributed by atoms with van der Waals surface area (Å²) in [5.74, 6) is 0.896. The molecule has 0 saturated heterocycles. The third-order valence-electron chi connectivity index (χ3n) is 1.66. The fourth-order valence-electron chi connectivity index (χ4n) is 1.20. The topological polar surface area (TPSA) is 13.1 Å². The molecule has 1 aromatic heterocycles. The van der Waals surface area contributed by atoms with E-state index in [1.165, 1.54) is 0 Å². The van der Waals surface area contributed by atoms with Crippen molar-refractivity contribution in [3.63, 3.8) is 0 Å². The standard InChI is InChI=1S/C9H6BrClO/c1-5-2-6-3-7(11)4-8(10)9(6)12-5/h2-4H,1H3. The van der Waals surface area contributed by atoms with Crippen LogP contribution in [0.2, 0.25) is 5.02 Å². The van der Waals surface area contributed by atoms with Crippen LogP contribution in [0.3, 0.4) is 0 Å². The van der Waals surface area contributed by atoms with Gasteiger partial charge in [-0.25, -0.2) is 0 Å². The Kier molecular flexibility index (Phi) is 1.89. The number of fused-ring (bicyclic) bond motifs is 1. The van der Waals surface area contributed by atoms with Crippen LogP contribution in [0.25, 0.3) is 11.0 Å². The first-order valence-corrected chi connectivity index (χ1v) is 4.69. The molecule has 0 aliphatic rings. The molecule has 62 valence electrons.